The van der Waals surface area contributed by atoms with Crippen LogP contribution in [0.1, 0.15) is 39.6 Å². The van der Waals surface area contributed by atoms with E-state index in [0.717, 1.165) is 12.8 Å². The Kier molecular flexibility index (Phi) is 3.07. The molecule has 0 heterocycles. The highest BCUT2D eigenvalue weighted by Crippen LogP contribution is 2.40. The smallest absolute Gasteiger partial charge is 0.0619 e. The molecule has 0 saturated heterocycles. The number of alkyl halides is 1. The second-order valence-electron chi connectivity index (χ2n) is 6.22. The van der Waals surface area contributed by atoms with E-state index in [1.807, 2.05) is 0 Å². The Balaban J connectivity index is 1.58. The van der Waals surface area contributed by atoms with Crippen molar-refractivity contribution in [1.82, 2.24) is 0 Å². The third-order valence-electron chi connectivity index (χ3n) is 4.94. The van der Waals surface area contributed by atoms with Gasteiger partial charge in [-0.3, -0.25) is 0 Å². The maximum Gasteiger partial charge on any atom is 0.0619 e. The maximum atomic E-state index is 6.80. The van der Waals surface area contributed by atoms with Gasteiger partial charge in [0.15, 0.2) is 0 Å². The highest BCUT2D eigenvalue weighted by molar-refractivity contribution is 6.21. The van der Waals surface area contributed by atoms with Crippen molar-refractivity contribution in [3.8, 4) is 0 Å². The second kappa shape index (κ2) is 4.93. The summed E-state index contributed by atoms with van der Waals surface area (Å²) in [4.78, 5) is 0. The number of rotatable bonds is 2. The minimum atomic E-state index is 0.147. The van der Waals surface area contributed by atoms with E-state index in [2.05, 4.69) is 42.5 Å². The monoisotopic (exact) mass is 282 g/mol. The predicted molar refractivity (Wildman–Crippen MR) is 84.4 cm³/mol. The molecule has 0 bridgehead atoms. The average molecular weight is 283 g/mol. The Hall–Kier alpha value is -1.27. The van der Waals surface area contributed by atoms with Gasteiger partial charge in [0.05, 0.1) is 5.38 Å². The molecule has 0 aliphatic heterocycles. The highest BCUT2D eigenvalue weighted by Gasteiger charge is 2.28. The fourth-order valence-electron chi connectivity index (χ4n) is 3.84. The third kappa shape index (κ3) is 2.07. The van der Waals surface area contributed by atoms with Crippen molar-refractivity contribution < 1.29 is 0 Å². The van der Waals surface area contributed by atoms with Gasteiger partial charge < -0.3 is 0 Å². The van der Waals surface area contributed by atoms with Gasteiger partial charge in [0.1, 0.15) is 0 Å². The van der Waals surface area contributed by atoms with Crippen LogP contribution in [0, 0.1) is 5.92 Å². The summed E-state index contributed by atoms with van der Waals surface area (Å²) in [6, 6.07) is 15.7. The Morgan fingerprint density at radius 3 is 2.30 bits per heavy atom. The van der Waals surface area contributed by atoms with E-state index in [9.17, 15) is 0 Å². The van der Waals surface area contributed by atoms with Crippen LogP contribution < -0.4 is 0 Å². The number of benzene rings is 2. The fourth-order valence-corrected chi connectivity index (χ4v) is 4.15. The van der Waals surface area contributed by atoms with Crippen LogP contribution in [0.5, 0.6) is 0 Å². The largest absolute Gasteiger partial charge is 0.117 e. The van der Waals surface area contributed by atoms with E-state index in [4.69, 9.17) is 11.6 Å². The first-order valence-corrected chi connectivity index (χ1v) is 8.07. The van der Waals surface area contributed by atoms with Crippen LogP contribution in [0.25, 0.3) is 0 Å². The molecule has 4 rings (SSSR count). The standard InChI is InChI=1S/C19H19Cl/c20-19(17-9-8-13-6-3-7-14(13)10-17)18-11-15-4-1-2-5-16(15)12-18/h1-2,4-5,8-10,18-19H,3,6-7,11-12H2. The minimum absolute atomic E-state index is 0.147. The molecule has 0 fully saturated rings. The lowest BCUT2D eigenvalue weighted by atomic mass is 9.94. The Labute approximate surface area is 125 Å². The number of halogens is 1. The summed E-state index contributed by atoms with van der Waals surface area (Å²) in [6.07, 6.45) is 6.04. The topological polar surface area (TPSA) is 0 Å². The zero-order chi connectivity index (χ0) is 13.5. The van der Waals surface area contributed by atoms with E-state index in [0.29, 0.717) is 5.92 Å². The van der Waals surface area contributed by atoms with E-state index in [1.165, 1.54) is 47.1 Å². The van der Waals surface area contributed by atoms with Crippen molar-refractivity contribution in [2.75, 3.05) is 0 Å². The average Bonchev–Trinajstić information content (AvgIpc) is 3.11. The molecule has 2 aromatic rings. The van der Waals surface area contributed by atoms with Crippen molar-refractivity contribution in [1.29, 1.82) is 0 Å². The van der Waals surface area contributed by atoms with E-state index in [-0.39, 0.29) is 5.38 Å². The quantitative estimate of drug-likeness (QED) is 0.689. The maximum absolute atomic E-state index is 6.80. The van der Waals surface area contributed by atoms with Crippen LogP contribution in [-0.4, -0.2) is 0 Å². The van der Waals surface area contributed by atoms with Crippen molar-refractivity contribution in [2.45, 2.75) is 37.5 Å². The summed E-state index contributed by atoms with van der Waals surface area (Å²) in [7, 11) is 0. The molecule has 2 aromatic carbocycles. The molecule has 2 aliphatic rings. The van der Waals surface area contributed by atoms with E-state index >= 15 is 0 Å². The summed E-state index contributed by atoms with van der Waals surface area (Å²) < 4.78 is 0. The molecule has 1 heteroatoms. The van der Waals surface area contributed by atoms with Crippen LogP contribution in [0.3, 0.4) is 0 Å². The van der Waals surface area contributed by atoms with Gasteiger partial charge in [-0.05, 0) is 65.8 Å². The first-order chi connectivity index (χ1) is 9.81. The molecule has 2 aliphatic carbocycles. The first kappa shape index (κ1) is 12.5. The van der Waals surface area contributed by atoms with Crippen LogP contribution in [0.15, 0.2) is 42.5 Å². The third-order valence-corrected chi connectivity index (χ3v) is 5.55. The van der Waals surface area contributed by atoms with Crippen molar-refractivity contribution in [3.05, 3.63) is 70.3 Å². The molecule has 0 nitrogen and oxygen atoms in total. The van der Waals surface area contributed by atoms with Gasteiger partial charge in [0.25, 0.3) is 0 Å². The second-order valence-corrected chi connectivity index (χ2v) is 6.69. The van der Waals surface area contributed by atoms with Gasteiger partial charge in [-0.2, -0.15) is 0 Å². The Morgan fingerprint density at radius 2 is 1.55 bits per heavy atom. The number of hydrogen-bond donors (Lipinski definition) is 0. The fraction of sp³-hybridized carbons (Fsp3) is 0.368. The summed E-state index contributed by atoms with van der Waals surface area (Å²) in [5.41, 5.74) is 7.37. The van der Waals surface area contributed by atoms with Crippen LogP contribution in [-0.2, 0) is 25.7 Å². The van der Waals surface area contributed by atoms with Crippen molar-refractivity contribution in [3.63, 3.8) is 0 Å². The lowest BCUT2D eigenvalue weighted by Crippen LogP contribution is -2.08. The van der Waals surface area contributed by atoms with Gasteiger partial charge in [-0.1, -0.05) is 42.5 Å². The minimum Gasteiger partial charge on any atom is -0.117 e. The molecule has 20 heavy (non-hydrogen) atoms. The highest BCUT2D eigenvalue weighted by atomic mass is 35.5. The zero-order valence-corrected chi connectivity index (χ0v) is 12.4. The summed E-state index contributed by atoms with van der Waals surface area (Å²) in [5, 5.41) is 0.147. The van der Waals surface area contributed by atoms with Gasteiger partial charge in [0.2, 0.25) is 0 Å². The van der Waals surface area contributed by atoms with Crippen LogP contribution >= 0.6 is 11.6 Å². The predicted octanol–water partition coefficient (Wildman–Crippen LogP) is 4.87. The van der Waals surface area contributed by atoms with Gasteiger partial charge >= 0.3 is 0 Å². The Bertz CT molecular complexity index is 619. The summed E-state index contributed by atoms with van der Waals surface area (Å²) in [6.45, 7) is 0. The van der Waals surface area contributed by atoms with Crippen molar-refractivity contribution >= 4 is 11.6 Å². The zero-order valence-electron chi connectivity index (χ0n) is 11.6. The molecule has 0 radical (unpaired) electrons. The molecule has 0 N–H and O–H groups in total. The molecular weight excluding hydrogens is 264 g/mol. The molecule has 0 amide bonds. The lowest BCUT2D eigenvalue weighted by molar-refractivity contribution is 0.540. The van der Waals surface area contributed by atoms with Crippen LogP contribution in [0.4, 0.5) is 0 Å². The molecule has 1 unspecified atom stereocenters. The van der Waals surface area contributed by atoms with Gasteiger partial charge in [-0.25, -0.2) is 0 Å². The molecule has 0 saturated carbocycles. The number of hydrogen-bond acceptors (Lipinski definition) is 0. The summed E-state index contributed by atoms with van der Waals surface area (Å²) in [5.74, 6) is 0.550. The number of fused-ring (bicyclic) bond motifs is 2. The molecular formula is C19H19Cl. The van der Waals surface area contributed by atoms with Gasteiger partial charge in [-0.15, -0.1) is 11.6 Å². The Morgan fingerprint density at radius 1 is 0.850 bits per heavy atom. The number of aryl methyl sites for hydroxylation is 2. The SMILES string of the molecule is ClC(c1ccc2c(c1)CCC2)C1Cc2ccccc2C1. The molecule has 1 atom stereocenters. The van der Waals surface area contributed by atoms with E-state index in [1.54, 1.807) is 0 Å². The summed E-state index contributed by atoms with van der Waals surface area (Å²) >= 11 is 6.80. The molecule has 0 spiro atoms. The lowest BCUT2D eigenvalue weighted by Gasteiger charge is -2.18. The molecule has 102 valence electrons. The normalized spacial score (nSPS) is 18.9. The van der Waals surface area contributed by atoms with Crippen molar-refractivity contribution in [2.24, 2.45) is 5.92 Å². The van der Waals surface area contributed by atoms with Crippen LogP contribution in [0.2, 0.25) is 0 Å². The van der Waals surface area contributed by atoms with Gasteiger partial charge in [0, 0.05) is 0 Å². The first-order valence-electron chi connectivity index (χ1n) is 7.64. The molecule has 0 aromatic heterocycles. The van der Waals surface area contributed by atoms with E-state index < -0.39 is 0 Å².